The number of aliphatic hydroxyl groups excluding tert-OH is 1. The molecule has 3 nitrogen and oxygen atoms in total. The molecule has 1 aromatic rings. The summed E-state index contributed by atoms with van der Waals surface area (Å²) in [6.45, 7) is 1.82. The second-order valence-electron chi connectivity index (χ2n) is 3.22. The molecule has 0 heterocycles. The van der Waals surface area contributed by atoms with Crippen molar-refractivity contribution in [2.75, 3.05) is 13.2 Å². The molecule has 0 fully saturated rings. The lowest BCUT2D eigenvalue weighted by Crippen LogP contribution is -2.02. The zero-order chi connectivity index (χ0) is 10.8. The molecule has 1 aromatic carbocycles. The summed E-state index contributed by atoms with van der Waals surface area (Å²) >= 11 is 0. The Balaban J connectivity index is 1.93. The molecule has 1 atom stereocenters. The maximum Gasteiger partial charge on any atom is 0.0864 e. The highest BCUT2D eigenvalue weighted by atomic mass is 31.1. The van der Waals surface area contributed by atoms with Gasteiger partial charge in [-0.05, 0) is 18.4 Å². The lowest BCUT2D eigenvalue weighted by Gasteiger charge is -2.05. The van der Waals surface area contributed by atoms with E-state index in [0.29, 0.717) is 8.96 Å². The number of hydrogen-bond donors (Lipinski definition) is 2. The first-order valence-electron chi connectivity index (χ1n) is 5.18. The zero-order valence-electron chi connectivity index (χ0n) is 8.78. The number of rotatable bonds is 8. The lowest BCUT2D eigenvalue weighted by atomic mass is 10.2. The normalized spacial score (nSPS) is 11.3. The highest BCUT2D eigenvalue weighted by Gasteiger charge is 1.91. The van der Waals surface area contributed by atoms with Crippen LogP contribution in [0.15, 0.2) is 30.3 Å². The summed E-state index contributed by atoms with van der Waals surface area (Å²) in [5.74, 6) is 0. The van der Waals surface area contributed by atoms with Gasteiger partial charge < -0.3 is 9.63 Å². The molecular weight excluding hydrogens is 209 g/mol. The molecule has 0 spiro atoms. The molecule has 2 N–H and O–H groups in total. The first-order valence-corrected chi connectivity index (χ1v) is 6.09. The summed E-state index contributed by atoms with van der Waals surface area (Å²) in [6.07, 6.45) is 1.75. The molecule has 1 unspecified atom stereocenters. The number of aliphatic hydroxyl groups is 1. The maximum absolute atomic E-state index is 8.55. The molecule has 0 amide bonds. The fraction of sp³-hybridized carbons (Fsp3) is 0.455. The Morgan fingerprint density at radius 1 is 1.20 bits per heavy atom. The molecule has 4 heteroatoms. The summed E-state index contributed by atoms with van der Waals surface area (Å²) in [7, 11) is 0.337. The molecule has 1 rings (SSSR count). The van der Waals surface area contributed by atoms with Gasteiger partial charge >= 0.3 is 0 Å². The highest BCUT2D eigenvalue weighted by Crippen LogP contribution is 2.09. The van der Waals surface area contributed by atoms with E-state index in [2.05, 4.69) is 17.2 Å². The average molecular weight is 227 g/mol. The van der Waals surface area contributed by atoms with Crippen LogP contribution < -0.4 is 5.09 Å². The van der Waals surface area contributed by atoms with E-state index in [1.165, 1.54) is 5.56 Å². The first kappa shape index (κ1) is 12.6. The van der Waals surface area contributed by atoms with Gasteiger partial charge in [-0.2, -0.15) is 0 Å². The fourth-order valence-electron chi connectivity index (χ4n) is 1.12. The van der Waals surface area contributed by atoms with Gasteiger partial charge in [0.25, 0.3) is 0 Å². The van der Waals surface area contributed by atoms with Gasteiger partial charge in [-0.3, -0.25) is 5.09 Å². The quantitative estimate of drug-likeness (QED) is 0.527. The van der Waals surface area contributed by atoms with Crippen LogP contribution in [-0.2, 0) is 11.1 Å². The SMILES string of the molecule is OCCCCOPNCc1ccccc1. The summed E-state index contributed by atoms with van der Waals surface area (Å²) < 4.78 is 5.36. The average Bonchev–Trinajstić information content (AvgIpc) is 2.29. The van der Waals surface area contributed by atoms with Crippen LogP contribution in [0.3, 0.4) is 0 Å². The van der Waals surface area contributed by atoms with Crippen molar-refractivity contribution >= 4 is 8.96 Å². The summed E-state index contributed by atoms with van der Waals surface area (Å²) in [5.41, 5.74) is 1.27. The van der Waals surface area contributed by atoms with Crippen molar-refractivity contribution in [2.45, 2.75) is 19.4 Å². The van der Waals surface area contributed by atoms with Gasteiger partial charge in [0.15, 0.2) is 0 Å². The molecule has 0 aromatic heterocycles. The largest absolute Gasteiger partial charge is 0.396 e. The van der Waals surface area contributed by atoms with Crippen LogP contribution in [0.4, 0.5) is 0 Å². The van der Waals surface area contributed by atoms with Crippen molar-refractivity contribution in [3.63, 3.8) is 0 Å². The monoisotopic (exact) mass is 227 g/mol. The van der Waals surface area contributed by atoms with Crippen LogP contribution in [0.2, 0.25) is 0 Å². The van der Waals surface area contributed by atoms with Crippen LogP contribution in [0, 0.1) is 0 Å². The number of nitrogens with one attached hydrogen (secondary N) is 1. The third kappa shape index (κ3) is 6.58. The molecule has 0 saturated heterocycles. The van der Waals surface area contributed by atoms with Gasteiger partial charge in [-0.15, -0.1) is 0 Å². The molecule has 0 aliphatic carbocycles. The summed E-state index contributed by atoms with van der Waals surface area (Å²) in [6, 6.07) is 10.2. The molecule has 15 heavy (non-hydrogen) atoms. The van der Waals surface area contributed by atoms with Gasteiger partial charge in [0.1, 0.15) is 0 Å². The smallest absolute Gasteiger partial charge is 0.0864 e. The van der Waals surface area contributed by atoms with E-state index in [4.69, 9.17) is 9.63 Å². The van der Waals surface area contributed by atoms with Crippen LogP contribution >= 0.6 is 8.96 Å². The van der Waals surface area contributed by atoms with Crippen molar-refractivity contribution in [2.24, 2.45) is 0 Å². The molecule has 0 radical (unpaired) electrons. The Labute approximate surface area is 92.8 Å². The Hall–Kier alpha value is -0.470. The van der Waals surface area contributed by atoms with Gasteiger partial charge in [-0.1, -0.05) is 30.3 Å². The zero-order valence-corrected chi connectivity index (χ0v) is 9.78. The van der Waals surface area contributed by atoms with Crippen LogP contribution in [0.1, 0.15) is 18.4 Å². The molecular formula is C11H18NO2P. The van der Waals surface area contributed by atoms with E-state index in [0.717, 1.165) is 26.0 Å². The maximum atomic E-state index is 8.55. The van der Waals surface area contributed by atoms with Crippen molar-refractivity contribution in [3.05, 3.63) is 35.9 Å². The predicted octanol–water partition coefficient (Wildman–Crippen LogP) is 2.07. The van der Waals surface area contributed by atoms with Crippen LogP contribution in [0.5, 0.6) is 0 Å². The minimum absolute atomic E-state index is 0.254. The number of hydrogen-bond acceptors (Lipinski definition) is 3. The predicted molar refractivity (Wildman–Crippen MR) is 63.9 cm³/mol. The topological polar surface area (TPSA) is 41.5 Å². The van der Waals surface area contributed by atoms with Gasteiger partial charge in [0.2, 0.25) is 0 Å². The molecule has 84 valence electrons. The minimum atomic E-state index is 0.254. The molecule has 0 saturated carbocycles. The Kier molecular flexibility index (Phi) is 7.40. The van der Waals surface area contributed by atoms with E-state index in [9.17, 15) is 0 Å². The van der Waals surface area contributed by atoms with E-state index in [-0.39, 0.29) is 6.61 Å². The second kappa shape index (κ2) is 8.81. The van der Waals surface area contributed by atoms with E-state index < -0.39 is 0 Å². The summed E-state index contributed by atoms with van der Waals surface area (Å²) in [5, 5.41) is 11.8. The van der Waals surface area contributed by atoms with Crippen LogP contribution in [-0.4, -0.2) is 18.3 Å². The molecule has 0 aliphatic rings. The fourth-order valence-corrected chi connectivity index (χ4v) is 1.75. The van der Waals surface area contributed by atoms with Gasteiger partial charge in [0.05, 0.1) is 15.6 Å². The van der Waals surface area contributed by atoms with Crippen molar-refractivity contribution in [3.8, 4) is 0 Å². The second-order valence-corrected chi connectivity index (χ2v) is 4.07. The first-order chi connectivity index (χ1) is 7.43. The van der Waals surface area contributed by atoms with Crippen molar-refractivity contribution < 1.29 is 9.63 Å². The summed E-state index contributed by atoms with van der Waals surface area (Å²) in [4.78, 5) is 0. The third-order valence-electron chi connectivity index (χ3n) is 1.93. The third-order valence-corrected chi connectivity index (χ3v) is 2.60. The number of benzene rings is 1. The lowest BCUT2D eigenvalue weighted by molar-refractivity contribution is 0.263. The van der Waals surface area contributed by atoms with E-state index in [1.807, 2.05) is 18.2 Å². The van der Waals surface area contributed by atoms with Gasteiger partial charge in [-0.25, -0.2) is 0 Å². The van der Waals surface area contributed by atoms with Crippen molar-refractivity contribution in [1.82, 2.24) is 5.09 Å². The Bertz CT molecular complexity index is 244. The van der Waals surface area contributed by atoms with E-state index >= 15 is 0 Å². The van der Waals surface area contributed by atoms with Crippen molar-refractivity contribution in [1.29, 1.82) is 0 Å². The van der Waals surface area contributed by atoms with Gasteiger partial charge in [0, 0.05) is 13.2 Å². The minimum Gasteiger partial charge on any atom is -0.396 e. The van der Waals surface area contributed by atoms with Crippen LogP contribution in [0.25, 0.3) is 0 Å². The Morgan fingerprint density at radius 3 is 2.73 bits per heavy atom. The number of unbranched alkanes of at least 4 members (excludes halogenated alkanes) is 1. The molecule has 0 aliphatic heterocycles. The molecule has 0 bridgehead atoms. The highest BCUT2D eigenvalue weighted by molar-refractivity contribution is 7.29. The Morgan fingerprint density at radius 2 is 2.00 bits per heavy atom. The van der Waals surface area contributed by atoms with E-state index in [1.54, 1.807) is 0 Å². The standard InChI is InChI=1S/C11H18NO2P/c13-8-4-5-9-14-15-12-10-11-6-2-1-3-7-11/h1-3,6-7,12-13,15H,4-5,8-10H2.